The Hall–Kier alpha value is -2.98. The van der Waals surface area contributed by atoms with E-state index in [4.69, 9.17) is 39.5 Å². The van der Waals surface area contributed by atoms with Crippen molar-refractivity contribution < 1.29 is 22.7 Å². The Balaban J connectivity index is 1.72. The van der Waals surface area contributed by atoms with E-state index in [9.17, 15) is 18.0 Å². The number of anilines is 1. The van der Waals surface area contributed by atoms with Gasteiger partial charge in [-0.2, -0.15) is 0 Å². The van der Waals surface area contributed by atoms with Crippen LogP contribution in [-0.4, -0.2) is 50.9 Å². The number of sulfonamides is 1. The van der Waals surface area contributed by atoms with E-state index in [1.807, 2.05) is 0 Å². The average molecular weight is 667 g/mol. The number of carbonyl (C=O) groups excluding carboxylic acids is 2. The monoisotopic (exact) mass is 665 g/mol. The van der Waals surface area contributed by atoms with Crippen molar-refractivity contribution in [3.05, 3.63) is 87.4 Å². The van der Waals surface area contributed by atoms with Crippen molar-refractivity contribution in [1.82, 2.24) is 10.2 Å². The first kappa shape index (κ1) is 32.9. The van der Waals surface area contributed by atoms with E-state index >= 15 is 0 Å². The smallest absolute Gasteiger partial charge is 0.264 e. The molecule has 0 unspecified atom stereocenters. The summed E-state index contributed by atoms with van der Waals surface area (Å²) in [4.78, 5) is 28.9. The second-order valence-electron chi connectivity index (χ2n) is 10.4. The molecule has 0 aromatic heterocycles. The van der Waals surface area contributed by atoms with Gasteiger partial charge in [-0.1, -0.05) is 78.3 Å². The molecule has 2 amide bonds. The Morgan fingerprint density at radius 3 is 2.19 bits per heavy atom. The van der Waals surface area contributed by atoms with Crippen LogP contribution >= 0.6 is 34.8 Å². The zero-order valence-corrected chi connectivity index (χ0v) is 27.0. The van der Waals surface area contributed by atoms with E-state index in [0.717, 1.165) is 36.4 Å². The van der Waals surface area contributed by atoms with E-state index in [-0.39, 0.29) is 34.1 Å². The number of halogens is 3. The molecule has 43 heavy (non-hydrogen) atoms. The summed E-state index contributed by atoms with van der Waals surface area (Å²) in [5, 5.41) is 3.88. The summed E-state index contributed by atoms with van der Waals surface area (Å²) in [6.45, 7) is 0.878. The van der Waals surface area contributed by atoms with E-state index in [1.54, 1.807) is 43.3 Å². The standard InChI is InChI=1S/C31H34Cl3N3O5S/c1-21(31(39)35-22-10-5-3-6-11-22)36(19-25-26(32)14-9-15-27(25)33)30(38)20-37(23-16-17-29(42-2)28(34)18-23)43(40,41)24-12-7-4-8-13-24/h4,7-9,12-18,21-22H,3,5-6,10-11,19-20H2,1-2H3,(H,35,39)/t21-/m1/s1. The van der Waals surface area contributed by atoms with Crippen molar-refractivity contribution in [1.29, 1.82) is 0 Å². The Labute approximate surface area is 267 Å². The second-order valence-corrected chi connectivity index (χ2v) is 13.5. The van der Waals surface area contributed by atoms with Crippen molar-refractivity contribution >= 4 is 62.3 Å². The molecule has 0 heterocycles. The van der Waals surface area contributed by atoms with Crippen LogP contribution in [0.1, 0.15) is 44.6 Å². The molecule has 1 fully saturated rings. The summed E-state index contributed by atoms with van der Waals surface area (Å²) in [7, 11) is -2.80. The Morgan fingerprint density at radius 2 is 1.58 bits per heavy atom. The third-order valence-corrected chi connectivity index (χ3v) is 10.3. The SMILES string of the molecule is COc1ccc(N(CC(=O)N(Cc2c(Cl)cccc2Cl)[C@H](C)C(=O)NC2CCCCC2)S(=O)(=O)c2ccccc2)cc1Cl. The number of hydrogen-bond acceptors (Lipinski definition) is 5. The molecule has 0 saturated heterocycles. The molecule has 1 aliphatic carbocycles. The number of amides is 2. The molecule has 1 aliphatic rings. The van der Waals surface area contributed by atoms with Crippen LogP contribution in [0.15, 0.2) is 71.6 Å². The van der Waals surface area contributed by atoms with Gasteiger partial charge in [-0.25, -0.2) is 8.42 Å². The normalized spacial score (nSPS) is 14.5. The van der Waals surface area contributed by atoms with E-state index < -0.39 is 28.5 Å². The predicted molar refractivity (Wildman–Crippen MR) is 170 cm³/mol. The molecule has 230 valence electrons. The van der Waals surface area contributed by atoms with E-state index in [2.05, 4.69) is 5.32 Å². The summed E-state index contributed by atoms with van der Waals surface area (Å²) in [6.07, 6.45) is 4.90. The minimum atomic E-state index is -4.24. The molecule has 0 spiro atoms. The Kier molecular flexibility index (Phi) is 11.2. The Bertz CT molecular complexity index is 1530. The van der Waals surface area contributed by atoms with Gasteiger partial charge in [0, 0.05) is 28.2 Å². The summed E-state index contributed by atoms with van der Waals surface area (Å²) in [5.41, 5.74) is 0.597. The number of rotatable bonds is 11. The van der Waals surface area contributed by atoms with Crippen LogP contribution in [0.3, 0.4) is 0 Å². The molecule has 8 nitrogen and oxygen atoms in total. The summed E-state index contributed by atoms with van der Waals surface area (Å²) >= 11 is 19.3. The highest BCUT2D eigenvalue weighted by molar-refractivity contribution is 7.92. The first-order valence-electron chi connectivity index (χ1n) is 14.0. The highest BCUT2D eigenvalue weighted by atomic mass is 35.5. The summed E-state index contributed by atoms with van der Waals surface area (Å²) in [5.74, 6) is -0.626. The molecule has 0 radical (unpaired) electrons. The lowest BCUT2D eigenvalue weighted by Gasteiger charge is -2.33. The van der Waals surface area contributed by atoms with Gasteiger partial charge in [0.05, 0.1) is 22.7 Å². The Morgan fingerprint density at radius 1 is 0.930 bits per heavy atom. The van der Waals surface area contributed by atoms with Crippen LogP contribution in [0.4, 0.5) is 5.69 Å². The molecule has 1 saturated carbocycles. The van der Waals surface area contributed by atoms with Crippen LogP contribution in [0.5, 0.6) is 5.75 Å². The number of hydrogen-bond donors (Lipinski definition) is 1. The highest BCUT2D eigenvalue weighted by Crippen LogP contribution is 2.33. The van der Waals surface area contributed by atoms with Crippen molar-refractivity contribution in [2.45, 2.75) is 62.6 Å². The number of carbonyl (C=O) groups is 2. The first-order valence-corrected chi connectivity index (χ1v) is 16.5. The number of ether oxygens (including phenoxy) is 1. The van der Waals surface area contributed by atoms with Gasteiger partial charge in [0.15, 0.2) is 0 Å². The number of methoxy groups -OCH3 is 1. The van der Waals surface area contributed by atoms with Crippen LogP contribution in [-0.2, 0) is 26.2 Å². The van der Waals surface area contributed by atoms with Gasteiger partial charge >= 0.3 is 0 Å². The van der Waals surface area contributed by atoms with E-state index in [0.29, 0.717) is 21.4 Å². The van der Waals surface area contributed by atoms with Gasteiger partial charge in [-0.05, 0) is 62.2 Å². The lowest BCUT2D eigenvalue weighted by Crippen LogP contribution is -2.53. The fourth-order valence-electron chi connectivity index (χ4n) is 5.06. The molecule has 0 bridgehead atoms. The molecule has 3 aromatic rings. The largest absolute Gasteiger partial charge is 0.495 e. The predicted octanol–water partition coefficient (Wildman–Crippen LogP) is 6.72. The average Bonchev–Trinajstić information content (AvgIpc) is 3.00. The second kappa shape index (κ2) is 14.7. The molecule has 1 atom stereocenters. The maximum Gasteiger partial charge on any atom is 0.264 e. The lowest BCUT2D eigenvalue weighted by atomic mass is 9.95. The molecule has 3 aromatic carbocycles. The maximum absolute atomic E-state index is 14.2. The quantitative estimate of drug-likeness (QED) is 0.245. The third kappa shape index (κ3) is 7.95. The van der Waals surface area contributed by atoms with Gasteiger partial charge < -0.3 is 15.0 Å². The van der Waals surface area contributed by atoms with Gasteiger partial charge in [0.25, 0.3) is 10.0 Å². The van der Waals surface area contributed by atoms with Crippen molar-refractivity contribution in [3.8, 4) is 5.75 Å². The minimum absolute atomic E-state index is 0.0148. The fourth-order valence-corrected chi connectivity index (χ4v) is 7.26. The van der Waals surface area contributed by atoms with Gasteiger partial charge in [0.1, 0.15) is 18.3 Å². The van der Waals surface area contributed by atoms with Gasteiger partial charge in [0.2, 0.25) is 11.8 Å². The molecule has 4 rings (SSSR count). The minimum Gasteiger partial charge on any atom is -0.495 e. The summed E-state index contributed by atoms with van der Waals surface area (Å²) in [6, 6.07) is 16.2. The zero-order chi connectivity index (χ0) is 31.1. The maximum atomic E-state index is 14.2. The number of nitrogens with zero attached hydrogens (tertiary/aromatic N) is 2. The van der Waals surface area contributed by atoms with Gasteiger partial charge in [-0.3, -0.25) is 13.9 Å². The van der Waals surface area contributed by atoms with Crippen molar-refractivity contribution in [2.24, 2.45) is 0 Å². The van der Waals surface area contributed by atoms with Crippen LogP contribution in [0.2, 0.25) is 15.1 Å². The van der Waals surface area contributed by atoms with Crippen LogP contribution in [0.25, 0.3) is 0 Å². The molecule has 0 aliphatic heterocycles. The number of benzene rings is 3. The lowest BCUT2D eigenvalue weighted by molar-refractivity contribution is -0.139. The van der Waals surface area contributed by atoms with Crippen LogP contribution in [0, 0.1) is 0 Å². The fraction of sp³-hybridized carbons (Fsp3) is 0.355. The first-order chi connectivity index (χ1) is 20.5. The molecular formula is C31H34Cl3N3O5S. The molecular weight excluding hydrogens is 633 g/mol. The number of nitrogens with one attached hydrogen (secondary N) is 1. The van der Waals surface area contributed by atoms with Crippen LogP contribution < -0.4 is 14.4 Å². The molecule has 12 heteroatoms. The van der Waals surface area contributed by atoms with Crippen molar-refractivity contribution in [3.63, 3.8) is 0 Å². The topological polar surface area (TPSA) is 96.0 Å². The van der Waals surface area contributed by atoms with Crippen molar-refractivity contribution in [2.75, 3.05) is 18.0 Å². The highest BCUT2D eigenvalue weighted by Gasteiger charge is 2.34. The zero-order valence-electron chi connectivity index (χ0n) is 23.9. The summed E-state index contributed by atoms with van der Waals surface area (Å²) < 4.78 is 34.1. The van der Waals surface area contributed by atoms with Gasteiger partial charge in [-0.15, -0.1) is 0 Å². The third-order valence-electron chi connectivity index (χ3n) is 7.54. The van der Waals surface area contributed by atoms with E-state index in [1.165, 1.54) is 42.3 Å². The molecule has 1 N–H and O–H groups in total.